The summed E-state index contributed by atoms with van der Waals surface area (Å²) in [6.45, 7) is 6.67. The van der Waals surface area contributed by atoms with Crippen molar-refractivity contribution in [3.8, 4) is 0 Å². The molecule has 0 aromatic carbocycles. The van der Waals surface area contributed by atoms with Crippen LogP contribution in [0.1, 0.15) is 406 Å². The second-order valence-electron chi connectivity index (χ2n) is 25.2. The maximum Gasteiger partial charge on any atom is 0.306 e. The Balaban J connectivity index is 4.13. The molecule has 0 aliphatic rings. The molecule has 0 spiro atoms. The van der Waals surface area contributed by atoms with Crippen LogP contribution in [0.5, 0.6) is 0 Å². The molecular formula is C77H142O6. The van der Waals surface area contributed by atoms with Gasteiger partial charge in [-0.05, 0) is 103 Å². The van der Waals surface area contributed by atoms with Gasteiger partial charge in [0.1, 0.15) is 13.2 Å². The Kier molecular flexibility index (Phi) is 69.6. The van der Waals surface area contributed by atoms with Gasteiger partial charge in [0.15, 0.2) is 6.10 Å². The molecule has 0 aliphatic heterocycles. The molecular weight excluding hydrogens is 1020 g/mol. The van der Waals surface area contributed by atoms with E-state index in [0.717, 1.165) is 70.6 Å². The molecule has 0 amide bonds. The second kappa shape index (κ2) is 71.8. The van der Waals surface area contributed by atoms with E-state index in [4.69, 9.17) is 14.2 Å². The van der Waals surface area contributed by atoms with Crippen LogP contribution in [-0.4, -0.2) is 37.2 Å². The topological polar surface area (TPSA) is 78.9 Å². The molecule has 0 saturated heterocycles. The van der Waals surface area contributed by atoms with Gasteiger partial charge >= 0.3 is 17.9 Å². The minimum absolute atomic E-state index is 0.0717. The van der Waals surface area contributed by atoms with Gasteiger partial charge in [-0.15, -0.1) is 0 Å². The van der Waals surface area contributed by atoms with E-state index in [1.165, 1.54) is 295 Å². The number of esters is 3. The Labute approximate surface area is 518 Å². The molecule has 0 aromatic rings. The molecule has 0 aliphatic carbocycles. The van der Waals surface area contributed by atoms with E-state index in [2.05, 4.69) is 69.4 Å². The monoisotopic (exact) mass is 1160 g/mol. The average molecular weight is 1160 g/mol. The van der Waals surface area contributed by atoms with Crippen LogP contribution in [0, 0.1) is 0 Å². The minimum atomic E-state index is -0.776. The third-order valence-electron chi connectivity index (χ3n) is 16.8. The van der Waals surface area contributed by atoms with Crippen LogP contribution in [0.2, 0.25) is 0 Å². The lowest BCUT2D eigenvalue weighted by Gasteiger charge is -2.18. The summed E-state index contributed by atoms with van der Waals surface area (Å²) in [6.07, 6.45) is 91.6. The molecule has 0 saturated carbocycles. The van der Waals surface area contributed by atoms with Crippen LogP contribution in [0.3, 0.4) is 0 Å². The lowest BCUT2D eigenvalue weighted by molar-refractivity contribution is -0.167. The molecule has 0 radical (unpaired) electrons. The number of rotatable bonds is 69. The average Bonchev–Trinajstić information content (AvgIpc) is 3.49. The minimum Gasteiger partial charge on any atom is -0.462 e. The predicted molar refractivity (Wildman–Crippen MR) is 362 cm³/mol. The molecule has 6 nitrogen and oxygen atoms in total. The lowest BCUT2D eigenvalue weighted by atomic mass is 10.0. The summed E-state index contributed by atoms with van der Waals surface area (Å²) in [5, 5.41) is 0. The molecule has 0 heterocycles. The Morgan fingerprint density at radius 1 is 0.241 bits per heavy atom. The Morgan fingerprint density at radius 2 is 0.434 bits per heavy atom. The van der Waals surface area contributed by atoms with Gasteiger partial charge in [-0.2, -0.15) is 0 Å². The van der Waals surface area contributed by atoms with E-state index in [9.17, 15) is 14.4 Å². The molecule has 0 rings (SSSR count). The van der Waals surface area contributed by atoms with Crippen molar-refractivity contribution in [3.05, 3.63) is 48.6 Å². The molecule has 0 bridgehead atoms. The van der Waals surface area contributed by atoms with Gasteiger partial charge in [-0.3, -0.25) is 14.4 Å². The Bertz CT molecular complexity index is 1430. The van der Waals surface area contributed by atoms with E-state index in [1.807, 2.05) is 0 Å². The summed E-state index contributed by atoms with van der Waals surface area (Å²) in [6, 6.07) is 0. The quantitative estimate of drug-likeness (QED) is 0.0261. The summed E-state index contributed by atoms with van der Waals surface area (Å²) in [5.41, 5.74) is 0. The van der Waals surface area contributed by atoms with Gasteiger partial charge in [0, 0.05) is 19.3 Å². The first kappa shape index (κ1) is 80.4. The van der Waals surface area contributed by atoms with Crippen molar-refractivity contribution in [3.63, 3.8) is 0 Å². The zero-order chi connectivity index (χ0) is 59.9. The third kappa shape index (κ3) is 70.0. The van der Waals surface area contributed by atoms with Crippen LogP contribution < -0.4 is 0 Å². The van der Waals surface area contributed by atoms with E-state index >= 15 is 0 Å². The molecule has 0 fully saturated rings. The molecule has 1 unspecified atom stereocenters. The van der Waals surface area contributed by atoms with Crippen molar-refractivity contribution < 1.29 is 28.6 Å². The molecule has 6 heteroatoms. The van der Waals surface area contributed by atoms with Crippen molar-refractivity contribution in [2.75, 3.05) is 13.2 Å². The van der Waals surface area contributed by atoms with Gasteiger partial charge in [-0.25, -0.2) is 0 Å². The first-order valence-corrected chi connectivity index (χ1v) is 37.1. The second-order valence-corrected chi connectivity index (χ2v) is 25.2. The van der Waals surface area contributed by atoms with Gasteiger partial charge < -0.3 is 14.2 Å². The van der Waals surface area contributed by atoms with Crippen LogP contribution in [0.25, 0.3) is 0 Å². The maximum atomic E-state index is 12.9. The molecule has 0 N–H and O–H groups in total. The van der Waals surface area contributed by atoms with Gasteiger partial charge in [-0.1, -0.05) is 333 Å². The molecule has 0 aromatic heterocycles. The summed E-state index contributed by atoms with van der Waals surface area (Å²) < 4.78 is 17.0. The number of hydrogen-bond acceptors (Lipinski definition) is 6. The summed E-state index contributed by atoms with van der Waals surface area (Å²) in [4.78, 5) is 38.4. The van der Waals surface area contributed by atoms with E-state index in [1.54, 1.807) is 0 Å². The number of carbonyl (C=O) groups excluding carboxylic acids is 3. The fraction of sp³-hybridized carbons (Fsp3) is 0.857. The number of allylic oxidation sites excluding steroid dienone is 8. The summed E-state index contributed by atoms with van der Waals surface area (Å²) in [5.74, 6) is -0.856. The van der Waals surface area contributed by atoms with Crippen LogP contribution in [0.15, 0.2) is 48.6 Å². The number of ether oxygens (including phenoxy) is 3. The lowest BCUT2D eigenvalue weighted by Crippen LogP contribution is -2.30. The fourth-order valence-corrected chi connectivity index (χ4v) is 11.2. The fourth-order valence-electron chi connectivity index (χ4n) is 11.2. The highest BCUT2D eigenvalue weighted by Crippen LogP contribution is 2.18. The SMILES string of the molecule is CCCCCC/C=C\CCCCCCCC(=O)OCC(COC(=O)CCCCCCCCCCCCCCCCCCCCCCC/C=C\C/C=C\CCCCCCC)OC(=O)CCCCCCCCCCC/C=C\CCCCCCCC. The first-order chi connectivity index (χ1) is 41.0. The van der Waals surface area contributed by atoms with Crippen LogP contribution in [-0.2, 0) is 28.6 Å². The molecule has 486 valence electrons. The molecule has 1 atom stereocenters. The van der Waals surface area contributed by atoms with Crippen LogP contribution >= 0.6 is 0 Å². The standard InChI is InChI=1S/C77H142O6/c1-4-7-10-13-16-19-22-25-27-29-31-32-33-34-35-36-37-38-39-40-41-42-43-44-46-47-49-52-55-58-61-64-67-70-76(79)82-73-74(72-81-75(78)69-66-63-60-57-54-51-24-21-18-15-12-9-6-3)83-77(80)71-68-65-62-59-56-53-50-48-45-30-28-26-23-20-17-14-11-8-5-2/h21-22,24-26,28-29,31,74H,4-20,23,27,30,32-73H2,1-3H3/b24-21-,25-22-,28-26-,31-29-. The predicted octanol–water partition coefficient (Wildman–Crippen LogP) is 25.7. The van der Waals surface area contributed by atoms with Crippen molar-refractivity contribution >= 4 is 17.9 Å². The van der Waals surface area contributed by atoms with Crippen molar-refractivity contribution in [2.45, 2.75) is 412 Å². The number of unbranched alkanes of at least 4 members (excludes halogenated alkanes) is 50. The molecule has 83 heavy (non-hydrogen) atoms. The van der Waals surface area contributed by atoms with Crippen molar-refractivity contribution in [1.29, 1.82) is 0 Å². The smallest absolute Gasteiger partial charge is 0.306 e. The van der Waals surface area contributed by atoms with E-state index in [0.29, 0.717) is 19.3 Å². The highest BCUT2D eigenvalue weighted by Gasteiger charge is 2.19. The highest BCUT2D eigenvalue weighted by atomic mass is 16.6. The third-order valence-corrected chi connectivity index (χ3v) is 16.8. The van der Waals surface area contributed by atoms with Crippen molar-refractivity contribution in [1.82, 2.24) is 0 Å². The van der Waals surface area contributed by atoms with Gasteiger partial charge in [0.25, 0.3) is 0 Å². The summed E-state index contributed by atoms with van der Waals surface area (Å²) in [7, 11) is 0. The highest BCUT2D eigenvalue weighted by molar-refractivity contribution is 5.71. The zero-order valence-electron chi connectivity index (χ0n) is 56.0. The van der Waals surface area contributed by atoms with E-state index in [-0.39, 0.29) is 31.1 Å². The first-order valence-electron chi connectivity index (χ1n) is 37.1. The Morgan fingerprint density at radius 3 is 0.687 bits per heavy atom. The maximum absolute atomic E-state index is 12.9. The normalized spacial score (nSPS) is 12.3. The van der Waals surface area contributed by atoms with Crippen LogP contribution in [0.4, 0.5) is 0 Å². The van der Waals surface area contributed by atoms with Gasteiger partial charge in [0.05, 0.1) is 0 Å². The Hall–Kier alpha value is -2.63. The van der Waals surface area contributed by atoms with Gasteiger partial charge in [0.2, 0.25) is 0 Å². The zero-order valence-corrected chi connectivity index (χ0v) is 56.0. The van der Waals surface area contributed by atoms with E-state index < -0.39 is 6.10 Å². The summed E-state index contributed by atoms with van der Waals surface area (Å²) >= 11 is 0. The number of carbonyl (C=O) groups is 3. The van der Waals surface area contributed by atoms with Crippen molar-refractivity contribution in [2.24, 2.45) is 0 Å². The number of hydrogen-bond donors (Lipinski definition) is 0. The largest absolute Gasteiger partial charge is 0.462 e.